The van der Waals surface area contributed by atoms with Crippen molar-refractivity contribution in [2.24, 2.45) is 0 Å². The lowest BCUT2D eigenvalue weighted by molar-refractivity contribution is -0.137. The van der Waals surface area contributed by atoms with Gasteiger partial charge in [-0.3, -0.25) is 9.89 Å². The van der Waals surface area contributed by atoms with E-state index < -0.39 is 6.10 Å². The fourth-order valence-corrected chi connectivity index (χ4v) is 1.90. The lowest BCUT2D eigenvalue weighted by Crippen LogP contribution is -2.37. The lowest BCUT2D eigenvalue weighted by atomic mass is 10.2. The number of nitrogens with one attached hydrogen (secondary N) is 1. The first-order valence-electron chi connectivity index (χ1n) is 6.52. The molecule has 1 aromatic carbocycles. The van der Waals surface area contributed by atoms with Crippen molar-refractivity contribution in [3.05, 3.63) is 47.8 Å². The number of nitrogens with zero attached hydrogens (tertiary/aromatic N) is 2. The van der Waals surface area contributed by atoms with E-state index in [0.717, 1.165) is 11.1 Å². The fraction of sp³-hybridized carbons (Fsp3) is 0.333. The maximum absolute atomic E-state index is 12.2. The molecule has 2 aromatic rings. The summed E-state index contributed by atoms with van der Waals surface area (Å²) in [6, 6.07) is 7.66. The summed E-state index contributed by atoms with van der Waals surface area (Å²) in [4.78, 5) is 13.8. The first kappa shape index (κ1) is 14.1. The Hall–Kier alpha value is -2.30. The predicted molar refractivity (Wildman–Crippen MR) is 76.3 cm³/mol. The Morgan fingerprint density at radius 2 is 2.10 bits per heavy atom. The fourth-order valence-electron chi connectivity index (χ4n) is 1.90. The molecule has 1 atom stereocenters. The van der Waals surface area contributed by atoms with Crippen LogP contribution in [0.1, 0.15) is 18.1 Å². The second-order valence-electron chi connectivity index (χ2n) is 4.87. The Bertz CT molecular complexity index is 549. The van der Waals surface area contributed by atoms with Crippen molar-refractivity contribution in [3.8, 4) is 5.75 Å². The summed E-state index contributed by atoms with van der Waals surface area (Å²) in [6.07, 6.45) is 2.96. The molecule has 5 nitrogen and oxygen atoms in total. The Kier molecular flexibility index (Phi) is 4.40. The number of H-pyrrole nitrogens is 1. The minimum Gasteiger partial charge on any atom is -0.481 e. The highest BCUT2D eigenvalue weighted by Gasteiger charge is 2.19. The molecule has 106 valence electrons. The van der Waals surface area contributed by atoms with Gasteiger partial charge >= 0.3 is 0 Å². The molecule has 0 radical (unpaired) electrons. The highest BCUT2D eigenvalue weighted by molar-refractivity contribution is 5.80. The number of hydrogen-bond acceptors (Lipinski definition) is 3. The van der Waals surface area contributed by atoms with Crippen LogP contribution in [-0.2, 0) is 11.3 Å². The van der Waals surface area contributed by atoms with Crippen molar-refractivity contribution >= 4 is 5.91 Å². The summed E-state index contributed by atoms with van der Waals surface area (Å²) in [5.74, 6) is 0.639. The summed E-state index contributed by atoms with van der Waals surface area (Å²) in [5.41, 5.74) is 2.12. The van der Waals surface area contributed by atoms with Crippen molar-refractivity contribution in [3.63, 3.8) is 0 Å². The topological polar surface area (TPSA) is 58.2 Å². The first-order valence-corrected chi connectivity index (χ1v) is 6.52. The van der Waals surface area contributed by atoms with Crippen molar-refractivity contribution < 1.29 is 9.53 Å². The van der Waals surface area contributed by atoms with E-state index in [9.17, 15) is 4.79 Å². The van der Waals surface area contributed by atoms with E-state index in [1.807, 2.05) is 31.2 Å². The lowest BCUT2D eigenvalue weighted by Gasteiger charge is -2.21. The van der Waals surface area contributed by atoms with Crippen LogP contribution in [-0.4, -0.2) is 34.2 Å². The number of aromatic nitrogens is 2. The van der Waals surface area contributed by atoms with Crippen LogP contribution in [0.25, 0.3) is 0 Å². The minimum atomic E-state index is -0.519. The number of amides is 1. The van der Waals surface area contributed by atoms with Gasteiger partial charge < -0.3 is 9.64 Å². The van der Waals surface area contributed by atoms with Gasteiger partial charge in [-0.05, 0) is 26.0 Å². The summed E-state index contributed by atoms with van der Waals surface area (Å²) >= 11 is 0. The number of benzene rings is 1. The molecule has 20 heavy (non-hydrogen) atoms. The highest BCUT2D eigenvalue weighted by atomic mass is 16.5. The van der Waals surface area contributed by atoms with Crippen molar-refractivity contribution in [2.45, 2.75) is 26.5 Å². The third-order valence-corrected chi connectivity index (χ3v) is 3.03. The molecule has 1 unspecified atom stereocenters. The molecule has 0 aliphatic carbocycles. The molecule has 1 amide bonds. The molecule has 5 heteroatoms. The standard InChI is InChI=1S/C15H19N3O2/c1-11-4-6-14(7-5-11)20-12(2)15(19)18(3)10-13-8-16-17-9-13/h4-9,12H,10H2,1-3H3,(H,16,17). The molecule has 0 bridgehead atoms. The van der Waals surface area contributed by atoms with Crippen LogP contribution >= 0.6 is 0 Å². The molecule has 0 aliphatic heterocycles. The number of rotatable bonds is 5. The van der Waals surface area contributed by atoms with Gasteiger partial charge in [-0.2, -0.15) is 5.10 Å². The van der Waals surface area contributed by atoms with Crippen molar-refractivity contribution in [2.75, 3.05) is 7.05 Å². The Labute approximate surface area is 118 Å². The minimum absolute atomic E-state index is 0.0632. The molecule has 2 rings (SSSR count). The third-order valence-electron chi connectivity index (χ3n) is 3.03. The molecular formula is C15H19N3O2. The highest BCUT2D eigenvalue weighted by Crippen LogP contribution is 2.14. The molecule has 0 spiro atoms. The second kappa shape index (κ2) is 6.23. The first-order chi connectivity index (χ1) is 9.56. The number of hydrogen-bond donors (Lipinski definition) is 1. The third kappa shape index (κ3) is 3.60. The zero-order valence-corrected chi connectivity index (χ0v) is 12.0. The van der Waals surface area contributed by atoms with E-state index in [0.29, 0.717) is 12.3 Å². The van der Waals surface area contributed by atoms with Crippen LogP contribution in [0.5, 0.6) is 5.75 Å². The average molecular weight is 273 g/mol. The number of carbonyl (C=O) groups excluding carboxylic acids is 1. The molecule has 0 saturated heterocycles. The average Bonchev–Trinajstić information content (AvgIpc) is 2.93. The van der Waals surface area contributed by atoms with E-state index >= 15 is 0 Å². The van der Waals surface area contributed by atoms with Gasteiger partial charge in [0.25, 0.3) is 5.91 Å². The van der Waals surface area contributed by atoms with Crippen LogP contribution in [0.4, 0.5) is 0 Å². The smallest absolute Gasteiger partial charge is 0.263 e. The number of ether oxygens (including phenoxy) is 1. The number of likely N-dealkylation sites (N-methyl/N-ethyl adjacent to an activating group) is 1. The predicted octanol–water partition coefficient (Wildman–Crippen LogP) is 2.14. The maximum atomic E-state index is 12.2. The number of carbonyl (C=O) groups is 1. The van der Waals surface area contributed by atoms with Crippen LogP contribution in [0.15, 0.2) is 36.7 Å². The van der Waals surface area contributed by atoms with E-state index in [2.05, 4.69) is 10.2 Å². The molecule has 1 aromatic heterocycles. The van der Waals surface area contributed by atoms with Gasteiger partial charge in [0.1, 0.15) is 5.75 Å². The summed E-state index contributed by atoms with van der Waals surface area (Å²) in [7, 11) is 1.75. The summed E-state index contributed by atoms with van der Waals surface area (Å²) in [5, 5.41) is 6.59. The molecule has 1 heterocycles. The monoisotopic (exact) mass is 273 g/mol. The zero-order chi connectivity index (χ0) is 14.5. The Morgan fingerprint density at radius 3 is 2.70 bits per heavy atom. The van der Waals surface area contributed by atoms with E-state index in [1.54, 1.807) is 31.3 Å². The second-order valence-corrected chi connectivity index (χ2v) is 4.87. The van der Waals surface area contributed by atoms with E-state index in [4.69, 9.17) is 4.74 Å². The molecule has 0 aliphatic rings. The Morgan fingerprint density at radius 1 is 1.40 bits per heavy atom. The van der Waals surface area contributed by atoms with Crippen molar-refractivity contribution in [1.82, 2.24) is 15.1 Å². The molecular weight excluding hydrogens is 254 g/mol. The van der Waals surface area contributed by atoms with Gasteiger partial charge in [-0.1, -0.05) is 17.7 Å². The van der Waals surface area contributed by atoms with Gasteiger partial charge in [0.05, 0.1) is 6.20 Å². The van der Waals surface area contributed by atoms with Gasteiger partial charge in [0.2, 0.25) is 0 Å². The van der Waals surface area contributed by atoms with Gasteiger partial charge in [-0.25, -0.2) is 0 Å². The van der Waals surface area contributed by atoms with E-state index in [-0.39, 0.29) is 5.91 Å². The van der Waals surface area contributed by atoms with Crippen LogP contribution in [0.2, 0.25) is 0 Å². The van der Waals surface area contributed by atoms with Crippen molar-refractivity contribution in [1.29, 1.82) is 0 Å². The summed E-state index contributed by atoms with van der Waals surface area (Å²) < 4.78 is 5.66. The largest absolute Gasteiger partial charge is 0.481 e. The zero-order valence-electron chi connectivity index (χ0n) is 12.0. The van der Waals surface area contributed by atoms with Gasteiger partial charge in [-0.15, -0.1) is 0 Å². The van der Waals surface area contributed by atoms with Crippen LogP contribution in [0, 0.1) is 6.92 Å². The van der Waals surface area contributed by atoms with E-state index in [1.165, 1.54) is 0 Å². The normalized spacial score (nSPS) is 11.9. The van der Waals surface area contributed by atoms with Gasteiger partial charge in [0.15, 0.2) is 6.10 Å². The molecule has 0 fully saturated rings. The van der Waals surface area contributed by atoms with Gasteiger partial charge in [0, 0.05) is 25.4 Å². The summed E-state index contributed by atoms with van der Waals surface area (Å²) in [6.45, 7) is 4.28. The number of aromatic amines is 1. The Balaban J connectivity index is 1.92. The van der Waals surface area contributed by atoms with Crippen LogP contribution < -0.4 is 4.74 Å². The maximum Gasteiger partial charge on any atom is 0.263 e. The quantitative estimate of drug-likeness (QED) is 0.908. The number of aryl methyl sites for hydroxylation is 1. The molecule has 1 N–H and O–H groups in total. The molecule has 0 saturated carbocycles. The SMILES string of the molecule is Cc1ccc(OC(C)C(=O)N(C)Cc2cn[nH]c2)cc1. The van der Waals surface area contributed by atoms with Crippen LogP contribution in [0.3, 0.4) is 0 Å².